The summed E-state index contributed by atoms with van der Waals surface area (Å²) in [5.74, 6) is 0.0816. The first-order valence-electron chi connectivity index (χ1n) is 7.46. The lowest BCUT2D eigenvalue weighted by atomic mass is 9.98. The summed E-state index contributed by atoms with van der Waals surface area (Å²) < 4.78 is 2.01. The fourth-order valence-electron chi connectivity index (χ4n) is 2.85. The van der Waals surface area contributed by atoms with Crippen molar-refractivity contribution in [3.8, 4) is 0 Å². The van der Waals surface area contributed by atoms with Crippen molar-refractivity contribution >= 4 is 5.97 Å². The summed E-state index contributed by atoms with van der Waals surface area (Å²) in [4.78, 5) is 16.0. The number of nitrogens with two attached hydrogens (primary N) is 1. The molecular weight excluding hydrogens is 254 g/mol. The van der Waals surface area contributed by atoms with Crippen molar-refractivity contribution in [1.29, 1.82) is 0 Å². The number of nitrogens with zero attached hydrogens (tertiary/aromatic N) is 2. The molecule has 20 heavy (non-hydrogen) atoms. The molecule has 1 aliphatic rings. The van der Waals surface area contributed by atoms with E-state index in [1.54, 1.807) is 6.33 Å². The minimum Gasteiger partial charge on any atom is -0.481 e. The van der Waals surface area contributed by atoms with Crippen LogP contribution < -0.4 is 5.73 Å². The normalized spacial score (nSPS) is 25.1. The van der Waals surface area contributed by atoms with Gasteiger partial charge in [0.2, 0.25) is 0 Å². The SMILES string of the molecule is CC(C)CCn1cnc(C2(C(=O)O)CC2CCCN)c1. The number of carbonyl (C=O) groups is 1. The molecule has 1 heterocycles. The Morgan fingerprint density at radius 3 is 3.00 bits per heavy atom. The number of hydrogen-bond acceptors (Lipinski definition) is 3. The molecule has 5 heteroatoms. The third-order valence-electron chi connectivity index (χ3n) is 4.30. The molecule has 1 aromatic rings. The van der Waals surface area contributed by atoms with E-state index in [1.165, 1.54) is 0 Å². The fraction of sp³-hybridized carbons (Fsp3) is 0.733. The van der Waals surface area contributed by atoms with Crippen molar-refractivity contribution < 1.29 is 9.90 Å². The van der Waals surface area contributed by atoms with Crippen LogP contribution in [0.25, 0.3) is 0 Å². The number of aliphatic carboxylic acids is 1. The molecule has 2 unspecified atom stereocenters. The first-order valence-corrected chi connectivity index (χ1v) is 7.46. The average molecular weight is 279 g/mol. The van der Waals surface area contributed by atoms with E-state index in [-0.39, 0.29) is 5.92 Å². The molecule has 0 saturated heterocycles. The van der Waals surface area contributed by atoms with E-state index in [4.69, 9.17) is 5.73 Å². The van der Waals surface area contributed by atoms with Crippen LogP contribution in [-0.4, -0.2) is 27.2 Å². The van der Waals surface area contributed by atoms with E-state index in [1.807, 2.05) is 10.8 Å². The van der Waals surface area contributed by atoms with Gasteiger partial charge in [0, 0.05) is 12.7 Å². The van der Waals surface area contributed by atoms with Crippen molar-refractivity contribution in [2.45, 2.75) is 51.5 Å². The third-order valence-corrected chi connectivity index (χ3v) is 4.30. The summed E-state index contributed by atoms with van der Waals surface area (Å²) in [5, 5.41) is 9.57. The van der Waals surface area contributed by atoms with Crippen molar-refractivity contribution in [1.82, 2.24) is 9.55 Å². The Labute approximate surface area is 120 Å². The molecule has 1 saturated carbocycles. The first kappa shape index (κ1) is 15.0. The van der Waals surface area contributed by atoms with Crippen LogP contribution in [0.15, 0.2) is 12.5 Å². The van der Waals surface area contributed by atoms with Gasteiger partial charge >= 0.3 is 5.97 Å². The molecule has 1 fully saturated rings. The number of carboxylic acids is 1. The Balaban J connectivity index is 2.06. The predicted octanol–water partition coefficient (Wildman–Crippen LogP) is 2.01. The van der Waals surface area contributed by atoms with Crippen LogP contribution in [0.4, 0.5) is 0 Å². The summed E-state index contributed by atoms with van der Waals surface area (Å²) in [6, 6.07) is 0. The molecule has 2 rings (SSSR count). The highest BCUT2D eigenvalue weighted by Crippen LogP contribution is 2.56. The van der Waals surface area contributed by atoms with Gasteiger partial charge in [0.15, 0.2) is 0 Å². The van der Waals surface area contributed by atoms with E-state index in [0.717, 1.165) is 31.5 Å². The van der Waals surface area contributed by atoms with Gasteiger partial charge in [-0.15, -0.1) is 0 Å². The molecule has 0 bridgehead atoms. The average Bonchev–Trinajstić information content (AvgIpc) is 2.94. The number of aromatic nitrogens is 2. The summed E-state index contributed by atoms with van der Waals surface area (Å²) in [7, 11) is 0. The largest absolute Gasteiger partial charge is 0.481 e. The number of aryl methyl sites for hydroxylation is 1. The predicted molar refractivity (Wildman–Crippen MR) is 77.4 cm³/mol. The molecule has 112 valence electrons. The lowest BCUT2D eigenvalue weighted by Gasteiger charge is -2.09. The van der Waals surface area contributed by atoms with Crippen LogP contribution in [0.3, 0.4) is 0 Å². The molecule has 0 amide bonds. The van der Waals surface area contributed by atoms with E-state index >= 15 is 0 Å². The maximum absolute atomic E-state index is 11.7. The standard InChI is InChI=1S/C15H25N3O2/c1-11(2)5-7-18-9-13(17-10-18)15(14(19)20)8-12(15)4-3-6-16/h9-12H,3-8,16H2,1-2H3,(H,19,20). The maximum Gasteiger partial charge on any atom is 0.316 e. The van der Waals surface area contributed by atoms with Crippen LogP contribution >= 0.6 is 0 Å². The zero-order chi connectivity index (χ0) is 14.8. The highest BCUT2D eigenvalue weighted by atomic mass is 16.4. The molecule has 0 aliphatic heterocycles. The summed E-state index contributed by atoms with van der Waals surface area (Å²) in [5.41, 5.74) is 5.48. The highest BCUT2D eigenvalue weighted by molar-refractivity contribution is 5.85. The molecule has 1 aliphatic carbocycles. The lowest BCUT2D eigenvalue weighted by Crippen LogP contribution is -2.23. The molecule has 0 spiro atoms. The molecule has 3 N–H and O–H groups in total. The van der Waals surface area contributed by atoms with Crippen LogP contribution in [0.5, 0.6) is 0 Å². The molecule has 2 atom stereocenters. The topological polar surface area (TPSA) is 81.1 Å². The quantitative estimate of drug-likeness (QED) is 0.762. The van der Waals surface area contributed by atoms with Gasteiger partial charge in [-0.05, 0) is 44.1 Å². The smallest absolute Gasteiger partial charge is 0.316 e. The van der Waals surface area contributed by atoms with Crippen LogP contribution in [0.1, 0.15) is 45.2 Å². The second kappa shape index (κ2) is 5.95. The molecule has 0 aromatic carbocycles. The summed E-state index contributed by atoms with van der Waals surface area (Å²) in [6.07, 6.45) is 7.21. The van der Waals surface area contributed by atoms with E-state index in [9.17, 15) is 9.90 Å². The zero-order valence-electron chi connectivity index (χ0n) is 12.4. The summed E-state index contributed by atoms with van der Waals surface area (Å²) in [6.45, 7) is 5.88. The van der Waals surface area contributed by atoms with E-state index in [0.29, 0.717) is 18.9 Å². The van der Waals surface area contributed by atoms with Crippen LogP contribution in [0.2, 0.25) is 0 Å². The van der Waals surface area contributed by atoms with Gasteiger partial charge in [0.05, 0.1) is 12.0 Å². The number of hydrogen-bond donors (Lipinski definition) is 2. The van der Waals surface area contributed by atoms with Crippen molar-refractivity contribution in [2.75, 3.05) is 6.54 Å². The Morgan fingerprint density at radius 1 is 1.65 bits per heavy atom. The summed E-state index contributed by atoms with van der Waals surface area (Å²) >= 11 is 0. The minimum atomic E-state index is -0.752. The minimum absolute atomic E-state index is 0.192. The van der Waals surface area contributed by atoms with Crippen LogP contribution in [-0.2, 0) is 16.8 Å². The van der Waals surface area contributed by atoms with Crippen molar-refractivity contribution in [2.24, 2.45) is 17.6 Å². The third kappa shape index (κ3) is 2.87. The highest BCUT2D eigenvalue weighted by Gasteiger charge is 2.62. The van der Waals surface area contributed by atoms with Gasteiger partial charge in [-0.25, -0.2) is 4.98 Å². The van der Waals surface area contributed by atoms with E-state index in [2.05, 4.69) is 18.8 Å². The number of carboxylic acid groups (broad SMARTS) is 1. The van der Waals surface area contributed by atoms with Gasteiger partial charge in [-0.2, -0.15) is 0 Å². The van der Waals surface area contributed by atoms with Gasteiger partial charge in [-0.3, -0.25) is 4.79 Å². The van der Waals surface area contributed by atoms with Gasteiger partial charge < -0.3 is 15.4 Å². The van der Waals surface area contributed by atoms with Crippen molar-refractivity contribution in [3.05, 3.63) is 18.2 Å². The van der Waals surface area contributed by atoms with E-state index < -0.39 is 11.4 Å². The molecular formula is C15H25N3O2. The van der Waals surface area contributed by atoms with Gasteiger partial charge in [0.1, 0.15) is 5.41 Å². The zero-order valence-corrected chi connectivity index (χ0v) is 12.4. The Morgan fingerprint density at radius 2 is 2.40 bits per heavy atom. The Hall–Kier alpha value is -1.36. The lowest BCUT2D eigenvalue weighted by molar-refractivity contribution is -0.140. The maximum atomic E-state index is 11.7. The number of rotatable bonds is 8. The van der Waals surface area contributed by atoms with Crippen LogP contribution in [0, 0.1) is 11.8 Å². The monoisotopic (exact) mass is 279 g/mol. The fourth-order valence-corrected chi connectivity index (χ4v) is 2.85. The second-order valence-electron chi connectivity index (χ2n) is 6.29. The van der Waals surface area contributed by atoms with Gasteiger partial charge in [-0.1, -0.05) is 13.8 Å². The Bertz CT molecular complexity index is 469. The first-order chi connectivity index (χ1) is 9.50. The van der Waals surface area contributed by atoms with Crippen molar-refractivity contribution in [3.63, 3.8) is 0 Å². The van der Waals surface area contributed by atoms with Gasteiger partial charge in [0.25, 0.3) is 0 Å². The molecule has 5 nitrogen and oxygen atoms in total. The molecule has 0 radical (unpaired) electrons. The second-order valence-corrected chi connectivity index (χ2v) is 6.29. The molecule has 1 aromatic heterocycles. The number of imidazole rings is 1. The Kier molecular flexibility index (Phi) is 4.48.